The molecule has 0 fully saturated rings. The highest BCUT2D eigenvalue weighted by Crippen LogP contribution is 2.19. The molecule has 1 amide bonds. The van der Waals surface area contributed by atoms with E-state index in [1.807, 2.05) is 6.08 Å². The Morgan fingerprint density at radius 3 is 2.95 bits per heavy atom. The molecule has 106 valence electrons. The molecular formula is C14H17N3O3. The van der Waals surface area contributed by atoms with Crippen LogP contribution in [0.3, 0.4) is 0 Å². The molecular weight excluding hydrogens is 258 g/mol. The second-order valence-electron chi connectivity index (χ2n) is 4.78. The Hall–Kier alpha value is -2.21. The Balaban J connectivity index is 2.10. The van der Waals surface area contributed by atoms with Crippen molar-refractivity contribution in [1.29, 1.82) is 0 Å². The van der Waals surface area contributed by atoms with Crippen molar-refractivity contribution in [2.45, 2.75) is 13.3 Å². The molecule has 0 bridgehead atoms. The van der Waals surface area contributed by atoms with Gasteiger partial charge in [0.2, 0.25) is 0 Å². The van der Waals surface area contributed by atoms with Gasteiger partial charge in [-0.15, -0.1) is 0 Å². The number of rotatable bonds is 4. The summed E-state index contributed by atoms with van der Waals surface area (Å²) in [6.07, 6.45) is 2.92. The van der Waals surface area contributed by atoms with Crippen molar-refractivity contribution in [2.24, 2.45) is 0 Å². The van der Waals surface area contributed by atoms with Crippen molar-refractivity contribution in [3.8, 4) is 0 Å². The zero-order valence-corrected chi connectivity index (χ0v) is 11.3. The molecule has 0 saturated heterocycles. The molecule has 0 atom stereocenters. The summed E-state index contributed by atoms with van der Waals surface area (Å²) < 4.78 is 0. The van der Waals surface area contributed by atoms with E-state index in [1.165, 1.54) is 6.07 Å². The van der Waals surface area contributed by atoms with Crippen LogP contribution in [0, 0.1) is 17.0 Å². The van der Waals surface area contributed by atoms with E-state index in [9.17, 15) is 14.9 Å². The van der Waals surface area contributed by atoms with Gasteiger partial charge >= 0.3 is 0 Å². The van der Waals surface area contributed by atoms with Crippen LogP contribution in [-0.4, -0.2) is 30.5 Å². The number of carbonyl (C=O) groups is 1. The standard InChI is InChI=1S/C14H17N3O3/c1-10-2-3-13(17(19)20)12(8-10)14(18)16-9-11-4-6-15-7-5-11/h2-4,8,15H,5-7,9H2,1H3,(H,16,18). The summed E-state index contributed by atoms with van der Waals surface area (Å²) in [5.41, 5.74) is 1.92. The van der Waals surface area contributed by atoms with Gasteiger partial charge in [0.1, 0.15) is 5.56 Å². The van der Waals surface area contributed by atoms with Gasteiger partial charge < -0.3 is 10.6 Å². The average Bonchev–Trinajstić information content (AvgIpc) is 2.45. The Bertz CT molecular complexity index is 567. The minimum Gasteiger partial charge on any atom is -0.348 e. The second-order valence-corrected chi connectivity index (χ2v) is 4.78. The second kappa shape index (κ2) is 6.29. The molecule has 0 radical (unpaired) electrons. The van der Waals surface area contributed by atoms with Gasteiger partial charge in [0.15, 0.2) is 0 Å². The lowest BCUT2D eigenvalue weighted by Gasteiger charge is -2.14. The number of nitrogens with zero attached hydrogens (tertiary/aromatic N) is 1. The smallest absolute Gasteiger partial charge is 0.282 e. The van der Waals surface area contributed by atoms with Crippen LogP contribution in [0.15, 0.2) is 29.8 Å². The topological polar surface area (TPSA) is 84.3 Å². The summed E-state index contributed by atoms with van der Waals surface area (Å²) in [4.78, 5) is 22.5. The molecule has 20 heavy (non-hydrogen) atoms. The number of amides is 1. The van der Waals surface area contributed by atoms with Gasteiger partial charge in [-0.2, -0.15) is 0 Å². The van der Waals surface area contributed by atoms with Crippen molar-refractivity contribution in [3.05, 3.63) is 51.1 Å². The van der Waals surface area contributed by atoms with Gasteiger partial charge in [0, 0.05) is 19.2 Å². The first-order chi connectivity index (χ1) is 9.58. The van der Waals surface area contributed by atoms with Crippen molar-refractivity contribution in [3.63, 3.8) is 0 Å². The number of benzene rings is 1. The number of carbonyl (C=O) groups excluding carboxylic acids is 1. The molecule has 6 nitrogen and oxygen atoms in total. The van der Waals surface area contributed by atoms with Crippen molar-refractivity contribution in [1.82, 2.24) is 10.6 Å². The Morgan fingerprint density at radius 1 is 1.50 bits per heavy atom. The lowest BCUT2D eigenvalue weighted by molar-refractivity contribution is -0.385. The lowest BCUT2D eigenvalue weighted by atomic mass is 10.1. The maximum Gasteiger partial charge on any atom is 0.282 e. The number of nitro groups is 1. The zero-order valence-electron chi connectivity index (χ0n) is 11.3. The predicted molar refractivity (Wildman–Crippen MR) is 75.7 cm³/mol. The minimum atomic E-state index is -0.530. The van der Waals surface area contributed by atoms with E-state index in [0.29, 0.717) is 6.54 Å². The molecule has 0 spiro atoms. The molecule has 0 aliphatic carbocycles. The summed E-state index contributed by atoms with van der Waals surface area (Å²) >= 11 is 0. The van der Waals surface area contributed by atoms with Crippen molar-refractivity contribution < 1.29 is 9.72 Å². The van der Waals surface area contributed by atoms with Crippen LogP contribution < -0.4 is 10.6 Å². The third kappa shape index (κ3) is 3.42. The fraction of sp³-hybridized carbons (Fsp3) is 0.357. The zero-order chi connectivity index (χ0) is 14.5. The number of hydrogen-bond donors (Lipinski definition) is 2. The minimum absolute atomic E-state index is 0.115. The molecule has 1 heterocycles. The molecule has 2 rings (SSSR count). The molecule has 1 aliphatic rings. The van der Waals surface area contributed by atoms with Crippen LogP contribution in [0.5, 0.6) is 0 Å². The maximum atomic E-state index is 12.1. The van der Waals surface area contributed by atoms with Gasteiger partial charge in [-0.05, 0) is 31.5 Å². The van der Waals surface area contributed by atoms with E-state index in [1.54, 1.807) is 19.1 Å². The molecule has 1 aliphatic heterocycles. The molecule has 0 unspecified atom stereocenters. The highest BCUT2D eigenvalue weighted by atomic mass is 16.6. The SMILES string of the molecule is Cc1ccc([N+](=O)[O-])c(C(=O)NCC2=CCNCC2)c1. The molecule has 1 aromatic rings. The fourth-order valence-electron chi connectivity index (χ4n) is 2.11. The third-order valence-corrected chi connectivity index (χ3v) is 3.23. The van der Waals surface area contributed by atoms with Crippen molar-refractivity contribution in [2.75, 3.05) is 19.6 Å². The Morgan fingerprint density at radius 2 is 2.30 bits per heavy atom. The molecule has 0 saturated carbocycles. The number of nitrogens with one attached hydrogen (secondary N) is 2. The van der Waals surface area contributed by atoms with E-state index in [2.05, 4.69) is 10.6 Å². The van der Waals surface area contributed by atoms with E-state index in [0.717, 1.165) is 30.6 Å². The van der Waals surface area contributed by atoms with E-state index in [4.69, 9.17) is 0 Å². The highest BCUT2D eigenvalue weighted by molar-refractivity contribution is 5.98. The fourth-order valence-corrected chi connectivity index (χ4v) is 2.11. The first-order valence-corrected chi connectivity index (χ1v) is 6.50. The van der Waals surface area contributed by atoms with E-state index >= 15 is 0 Å². The van der Waals surface area contributed by atoms with Crippen molar-refractivity contribution >= 4 is 11.6 Å². The van der Waals surface area contributed by atoms with Gasteiger partial charge in [0.25, 0.3) is 11.6 Å². The van der Waals surface area contributed by atoms with Crippen LogP contribution in [-0.2, 0) is 0 Å². The normalized spacial score (nSPS) is 14.6. The Labute approximate surface area is 117 Å². The van der Waals surface area contributed by atoms with E-state index < -0.39 is 10.8 Å². The number of nitro benzene ring substituents is 1. The summed E-state index contributed by atoms with van der Waals surface area (Å²) in [5.74, 6) is -0.403. The number of hydrogen-bond acceptors (Lipinski definition) is 4. The Kier molecular flexibility index (Phi) is 4.47. The van der Waals surface area contributed by atoms with Crippen LogP contribution in [0.1, 0.15) is 22.3 Å². The summed E-state index contributed by atoms with van der Waals surface area (Å²) in [6.45, 7) is 3.93. The lowest BCUT2D eigenvalue weighted by Crippen LogP contribution is -2.30. The van der Waals surface area contributed by atoms with Gasteiger partial charge in [-0.3, -0.25) is 14.9 Å². The molecule has 2 N–H and O–H groups in total. The van der Waals surface area contributed by atoms with E-state index in [-0.39, 0.29) is 11.3 Å². The maximum absolute atomic E-state index is 12.1. The van der Waals surface area contributed by atoms with Crippen LogP contribution in [0.25, 0.3) is 0 Å². The van der Waals surface area contributed by atoms with Gasteiger partial charge in [-0.1, -0.05) is 17.7 Å². The monoisotopic (exact) mass is 275 g/mol. The van der Waals surface area contributed by atoms with Crippen LogP contribution >= 0.6 is 0 Å². The first-order valence-electron chi connectivity index (χ1n) is 6.50. The predicted octanol–water partition coefficient (Wildman–Crippen LogP) is 1.55. The third-order valence-electron chi connectivity index (χ3n) is 3.23. The van der Waals surface area contributed by atoms with Crippen LogP contribution in [0.4, 0.5) is 5.69 Å². The summed E-state index contributed by atoms with van der Waals surface area (Å²) in [7, 11) is 0. The van der Waals surface area contributed by atoms with Crippen LogP contribution in [0.2, 0.25) is 0 Å². The average molecular weight is 275 g/mol. The molecule has 1 aromatic carbocycles. The highest BCUT2D eigenvalue weighted by Gasteiger charge is 2.20. The summed E-state index contributed by atoms with van der Waals surface area (Å²) in [6, 6.07) is 4.54. The quantitative estimate of drug-likeness (QED) is 0.496. The first kappa shape index (κ1) is 14.2. The largest absolute Gasteiger partial charge is 0.348 e. The van der Waals surface area contributed by atoms with Gasteiger partial charge in [0.05, 0.1) is 4.92 Å². The summed E-state index contributed by atoms with van der Waals surface area (Å²) in [5, 5.41) is 16.9. The number of aryl methyl sites for hydroxylation is 1. The molecule has 0 aromatic heterocycles. The van der Waals surface area contributed by atoms with Gasteiger partial charge in [-0.25, -0.2) is 0 Å². The molecule has 6 heteroatoms.